The highest BCUT2D eigenvalue weighted by atomic mass is 32.2. The van der Waals surface area contributed by atoms with Crippen molar-refractivity contribution in [1.82, 2.24) is 24.7 Å². The molecule has 27 heavy (non-hydrogen) atoms. The number of rotatable bonds is 4. The molecule has 0 saturated carbocycles. The molecule has 1 atom stereocenters. The molecule has 0 amide bonds. The summed E-state index contributed by atoms with van der Waals surface area (Å²) in [6.45, 7) is 3.15. The van der Waals surface area contributed by atoms with Gasteiger partial charge in [-0.1, -0.05) is 0 Å². The number of fused-ring (bicyclic) bond motifs is 3. The number of aromatic nitrogens is 4. The van der Waals surface area contributed by atoms with Gasteiger partial charge in [0.25, 0.3) is 0 Å². The summed E-state index contributed by atoms with van der Waals surface area (Å²) in [6.07, 6.45) is 5.02. The van der Waals surface area contributed by atoms with Crippen LogP contribution in [0.4, 0.5) is 5.82 Å². The summed E-state index contributed by atoms with van der Waals surface area (Å²) in [7, 11) is -3.60. The van der Waals surface area contributed by atoms with Crippen molar-refractivity contribution in [2.24, 2.45) is 0 Å². The van der Waals surface area contributed by atoms with Crippen LogP contribution in [0.3, 0.4) is 0 Å². The topological polar surface area (TPSA) is 128 Å². The van der Waals surface area contributed by atoms with E-state index in [0.717, 1.165) is 47.3 Å². The van der Waals surface area contributed by atoms with E-state index in [0.29, 0.717) is 12.2 Å². The van der Waals surface area contributed by atoms with Gasteiger partial charge in [0.2, 0.25) is 10.0 Å². The Morgan fingerprint density at radius 3 is 3.11 bits per heavy atom. The summed E-state index contributed by atoms with van der Waals surface area (Å²) in [4.78, 5) is 18.7. The summed E-state index contributed by atoms with van der Waals surface area (Å²) >= 11 is 0. The van der Waals surface area contributed by atoms with Crippen LogP contribution in [-0.2, 0) is 10.0 Å². The molecule has 10 heteroatoms. The van der Waals surface area contributed by atoms with E-state index in [1.807, 2.05) is 13.0 Å². The number of nitriles is 1. The zero-order chi connectivity index (χ0) is 19.0. The zero-order valence-electron chi connectivity index (χ0n) is 14.8. The quantitative estimate of drug-likeness (QED) is 0.691. The molecule has 0 spiro atoms. The fraction of sp³-hybridized carbons (Fsp3) is 0.412. The van der Waals surface area contributed by atoms with Crippen molar-refractivity contribution < 1.29 is 8.42 Å². The number of nitrogens with zero attached hydrogens (tertiary/aromatic N) is 5. The Labute approximate surface area is 156 Å². The number of piperidine rings is 1. The van der Waals surface area contributed by atoms with Crippen LogP contribution in [0, 0.1) is 18.3 Å². The normalized spacial score (nSPS) is 18.1. The second-order valence-corrected chi connectivity index (χ2v) is 8.45. The maximum Gasteiger partial charge on any atom is 0.225 e. The number of anilines is 1. The van der Waals surface area contributed by atoms with Crippen LogP contribution in [0.1, 0.15) is 18.7 Å². The second kappa shape index (κ2) is 6.75. The Bertz CT molecular complexity index is 1150. The maximum absolute atomic E-state index is 12.0. The predicted molar refractivity (Wildman–Crippen MR) is 102 cm³/mol. The Morgan fingerprint density at radius 1 is 1.44 bits per heavy atom. The third-order valence-corrected chi connectivity index (χ3v) is 5.87. The fourth-order valence-corrected chi connectivity index (χ4v) is 4.56. The molecule has 2 N–H and O–H groups in total. The first kappa shape index (κ1) is 17.6. The molecule has 1 aliphatic rings. The van der Waals surface area contributed by atoms with Crippen LogP contribution in [0.2, 0.25) is 0 Å². The van der Waals surface area contributed by atoms with Crippen LogP contribution in [0.5, 0.6) is 0 Å². The Balaban J connectivity index is 1.73. The van der Waals surface area contributed by atoms with Gasteiger partial charge in [-0.3, -0.25) is 0 Å². The van der Waals surface area contributed by atoms with Gasteiger partial charge in [0.15, 0.2) is 11.4 Å². The van der Waals surface area contributed by atoms with E-state index < -0.39 is 15.8 Å². The van der Waals surface area contributed by atoms with Gasteiger partial charge < -0.3 is 9.88 Å². The summed E-state index contributed by atoms with van der Waals surface area (Å²) in [6, 6.07) is 3.35. The highest BCUT2D eigenvalue weighted by Gasteiger charge is 2.26. The lowest BCUT2D eigenvalue weighted by Gasteiger charge is -2.34. The summed E-state index contributed by atoms with van der Waals surface area (Å²) in [5, 5.41) is 10.5. The lowest BCUT2D eigenvalue weighted by molar-refractivity contribution is 0.465. The molecule has 0 aromatic carbocycles. The smallest absolute Gasteiger partial charge is 0.225 e. The van der Waals surface area contributed by atoms with Crippen molar-refractivity contribution in [2.75, 3.05) is 23.7 Å². The van der Waals surface area contributed by atoms with Gasteiger partial charge in [-0.05, 0) is 25.8 Å². The number of hydrogen-bond donors (Lipinski definition) is 2. The van der Waals surface area contributed by atoms with Gasteiger partial charge in [-0.2, -0.15) is 5.26 Å². The van der Waals surface area contributed by atoms with E-state index in [9.17, 15) is 8.42 Å². The summed E-state index contributed by atoms with van der Waals surface area (Å²) < 4.78 is 26.6. The maximum atomic E-state index is 12.0. The van der Waals surface area contributed by atoms with Crippen LogP contribution < -0.4 is 9.62 Å². The Hall–Kier alpha value is -2.77. The number of hydrogen-bond acceptors (Lipinski definition) is 7. The van der Waals surface area contributed by atoms with Crippen molar-refractivity contribution in [3.8, 4) is 6.07 Å². The molecule has 1 saturated heterocycles. The minimum absolute atomic E-state index is 0.256. The number of aromatic amines is 1. The molecule has 140 valence electrons. The first-order chi connectivity index (χ1) is 13.0. The van der Waals surface area contributed by atoms with Crippen LogP contribution in [0.15, 0.2) is 18.5 Å². The number of sulfonamides is 1. The van der Waals surface area contributed by atoms with E-state index in [-0.39, 0.29) is 6.04 Å². The Morgan fingerprint density at radius 2 is 2.30 bits per heavy atom. The molecule has 1 aliphatic heterocycles. The molecule has 1 fully saturated rings. The van der Waals surface area contributed by atoms with Gasteiger partial charge in [-0.15, -0.1) is 0 Å². The van der Waals surface area contributed by atoms with Gasteiger partial charge in [0.05, 0.1) is 23.2 Å². The summed E-state index contributed by atoms with van der Waals surface area (Å²) in [5.74, 6) is 1.02. The predicted octanol–water partition coefficient (Wildman–Crippen LogP) is 1.23. The SMILES string of the molecule is Cc1nc(N2CCCC(NS(=O)(=O)CC#N)C2)c2c(cnc3nccc32)[nH]1. The van der Waals surface area contributed by atoms with Gasteiger partial charge in [-0.25, -0.2) is 28.1 Å². The molecular weight excluding hydrogens is 366 g/mol. The molecule has 4 heterocycles. The highest BCUT2D eigenvalue weighted by Crippen LogP contribution is 2.31. The Kier molecular flexibility index (Phi) is 4.41. The van der Waals surface area contributed by atoms with Crippen molar-refractivity contribution in [1.29, 1.82) is 5.26 Å². The standard InChI is InChI=1S/C17H19N7O2S/c1-11-21-14-9-20-16-13(4-6-19-16)15(14)17(22-11)24-7-2-3-12(10-24)23-27(25,26)8-5-18/h4,6,9,12,23H,2-3,7-8,10H2,1H3,(H,21,22). The number of pyridine rings is 1. The summed E-state index contributed by atoms with van der Waals surface area (Å²) in [5.41, 5.74) is 1.52. The van der Waals surface area contributed by atoms with E-state index in [1.165, 1.54) is 0 Å². The molecule has 9 nitrogen and oxygen atoms in total. The van der Waals surface area contributed by atoms with Gasteiger partial charge in [0.1, 0.15) is 11.6 Å². The first-order valence-electron chi connectivity index (χ1n) is 8.69. The molecule has 3 aromatic rings. The minimum atomic E-state index is -3.60. The van der Waals surface area contributed by atoms with Crippen molar-refractivity contribution in [2.45, 2.75) is 25.8 Å². The van der Waals surface area contributed by atoms with Crippen molar-refractivity contribution >= 4 is 37.8 Å². The molecule has 1 unspecified atom stereocenters. The van der Waals surface area contributed by atoms with Crippen LogP contribution in [-0.4, -0.2) is 53.2 Å². The third kappa shape index (κ3) is 3.43. The number of nitrogens with one attached hydrogen (secondary N) is 2. The van der Waals surface area contributed by atoms with E-state index in [4.69, 9.17) is 10.2 Å². The number of H-pyrrole nitrogens is 1. The lowest BCUT2D eigenvalue weighted by atomic mass is 10.1. The van der Waals surface area contributed by atoms with E-state index in [1.54, 1.807) is 18.5 Å². The highest BCUT2D eigenvalue weighted by molar-refractivity contribution is 7.89. The molecule has 3 aromatic heterocycles. The number of aryl methyl sites for hydroxylation is 1. The molecule has 0 aliphatic carbocycles. The lowest BCUT2D eigenvalue weighted by Crippen LogP contribution is -2.48. The molecular formula is C17H19N7O2S. The zero-order valence-corrected chi connectivity index (χ0v) is 15.6. The molecule has 4 rings (SSSR count). The largest absolute Gasteiger partial charge is 0.354 e. The second-order valence-electron chi connectivity index (χ2n) is 6.70. The van der Waals surface area contributed by atoms with Crippen molar-refractivity contribution in [3.05, 3.63) is 24.3 Å². The first-order valence-corrected chi connectivity index (χ1v) is 10.3. The van der Waals surface area contributed by atoms with Crippen molar-refractivity contribution in [3.63, 3.8) is 0 Å². The minimum Gasteiger partial charge on any atom is -0.354 e. The molecule has 0 radical (unpaired) electrons. The van der Waals surface area contributed by atoms with Gasteiger partial charge in [0, 0.05) is 30.7 Å². The van der Waals surface area contributed by atoms with Crippen LogP contribution >= 0.6 is 0 Å². The average Bonchev–Trinajstić information content (AvgIpc) is 3.09. The van der Waals surface area contributed by atoms with Crippen LogP contribution in [0.25, 0.3) is 21.9 Å². The molecule has 0 bridgehead atoms. The van der Waals surface area contributed by atoms with E-state index >= 15 is 0 Å². The average molecular weight is 385 g/mol. The van der Waals surface area contributed by atoms with E-state index in [2.05, 4.69) is 24.6 Å². The monoisotopic (exact) mass is 385 g/mol. The van der Waals surface area contributed by atoms with Gasteiger partial charge >= 0.3 is 0 Å². The fourth-order valence-electron chi connectivity index (χ4n) is 3.61. The third-order valence-electron chi connectivity index (χ3n) is 4.67.